The summed E-state index contributed by atoms with van der Waals surface area (Å²) in [7, 11) is 1.60. The predicted octanol–water partition coefficient (Wildman–Crippen LogP) is 3.93. The Morgan fingerprint density at radius 1 is 1.04 bits per heavy atom. The monoisotopic (exact) mass is 365 g/mol. The van der Waals surface area contributed by atoms with Gasteiger partial charge in [-0.1, -0.05) is 42.5 Å². The number of carbonyl (C=O) groups is 1. The molecule has 0 saturated heterocycles. The van der Waals surface area contributed by atoms with Gasteiger partial charge in [-0.25, -0.2) is 4.79 Å². The zero-order chi connectivity index (χ0) is 19.2. The van der Waals surface area contributed by atoms with Gasteiger partial charge in [0.15, 0.2) is 6.10 Å². The molecule has 3 aromatic carbocycles. The van der Waals surface area contributed by atoms with Gasteiger partial charge in [0.25, 0.3) is 0 Å². The maximum Gasteiger partial charge on any atom is 0.337 e. The highest BCUT2D eigenvalue weighted by Crippen LogP contribution is 2.30. The zero-order valence-electron chi connectivity index (χ0n) is 15.4. The van der Waals surface area contributed by atoms with Crippen molar-refractivity contribution >= 4 is 22.4 Å². The molecule has 5 nitrogen and oxygen atoms in total. The number of aliphatic hydroxyl groups is 1. The molecule has 0 unspecified atom stereocenters. The second-order valence-corrected chi connectivity index (χ2v) is 6.12. The topological polar surface area (TPSA) is 67.8 Å². The normalized spacial score (nSPS) is 13.0. The minimum Gasteiger partial charge on any atom is -0.497 e. The second kappa shape index (κ2) is 8.56. The number of hydrogen-bond acceptors (Lipinski definition) is 5. The molecule has 3 aromatic rings. The van der Waals surface area contributed by atoms with E-state index in [-0.39, 0.29) is 6.61 Å². The lowest BCUT2D eigenvalue weighted by Gasteiger charge is -2.25. The Bertz CT molecular complexity index is 902. The number of aliphatic hydroxyl groups excluding tert-OH is 1. The van der Waals surface area contributed by atoms with E-state index in [1.165, 1.54) is 0 Å². The number of hydrogen-bond donors (Lipinski definition) is 2. The first-order valence-corrected chi connectivity index (χ1v) is 8.87. The molecule has 5 heteroatoms. The molecule has 0 aliphatic rings. The van der Waals surface area contributed by atoms with Gasteiger partial charge in [0, 0.05) is 5.69 Å². The van der Waals surface area contributed by atoms with Crippen molar-refractivity contribution in [3.63, 3.8) is 0 Å². The van der Waals surface area contributed by atoms with Crippen LogP contribution in [-0.4, -0.2) is 30.9 Å². The van der Waals surface area contributed by atoms with Gasteiger partial charge in [-0.2, -0.15) is 0 Å². The molecule has 0 aliphatic carbocycles. The van der Waals surface area contributed by atoms with Crippen LogP contribution in [0.4, 0.5) is 5.69 Å². The van der Waals surface area contributed by atoms with Crippen LogP contribution in [0, 0.1) is 0 Å². The van der Waals surface area contributed by atoms with Crippen LogP contribution in [0.2, 0.25) is 0 Å². The van der Waals surface area contributed by atoms with Gasteiger partial charge in [0.2, 0.25) is 0 Å². The highest BCUT2D eigenvalue weighted by molar-refractivity contribution is 5.88. The van der Waals surface area contributed by atoms with Crippen molar-refractivity contribution in [3.05, 3.63) is 72.3 Å². The molecule has 0 bridgehead atoms. The molecule has 0 heterocycles. The molecule has 2 atom stereocenters. The lowest BCUT2D eigenvalue weighted by Crippen LogP contribution is -2.34. The summed E-state index contributed by atoms with van der Waals surface area (Å²) in [5.74, 6) is 0.0737. The SMILES string of the molecule is CCOC(=O)[C@H](O)[C@H](Nc1ccc(OC)cc1)c1cccc2ccccc12. The molecule has 140 valence electrons. The molecular formula is C22H23NO4. The standard InChI is InChI=1S/C22H23NO4/c1-3-27-22(25)21(24)20(23-16-11-13-17(26-2)14-12-16)19-10-6-8-15-7-4-5-9-18(15)19/h4-14,20-21,23-24H,3H2,1-2H3/t20-,21-/m1/s1. The van der Waals surface area contributed by atoms with Crippen molar-refractivity contribution in [1.29, 1.82) is 0 Å². The Hall–Kier alpha value is -3.05. The minimum absolute atomic E-state index is 0.209. The predicted molar refractivity (Wildman–Crippen MR) is 106 cm³/mol. The maximum atomic E-state index is 12.3. The van der Waals surface area contributed by atoms with Crippen LogP contribution >= 0.6 is 0 Å². The highest BCUT2D eigenvalue weighted by atomic mass is 16.5. The summed E-state index contributed by atoms with van der Waals surface area (Å²) in [6.45, 7) is 1.93. The Labute approximate surface area is 158 Å². The van der Waals surface area contributed by atoms with Crippen LogP contribution in [0.15, 0.2) is 66.7 Å². The van der Waals surface area contributed by atoms with E-state index >= 15 is 0 Å². The summed E-state index contributed by atoms with van der Waals surface area (Å²) in [4.78, 5) is 12.3. The van der Waals surface area contributed by atoms with E-state index in [2.05, 4.69) is 5.32 Å². The molecular weight excluding hydrogens is 342 g/mol. The lowest BCUT2D eigenvalue weighted by molar-refractivity contribution is -0.153. The quantitative estimate of drug-likeness (QED) is 0.621. The fourth-order valence-corrected chi connectivity index (χ4v) is 3.08. The molecule has 27 heavy (non-hydrogen) atoms. The Morgan fingerprint density at radius 3 is 2.44 bits per heavy atom. The van der Waals surface area contributed by atoms with Crippen molar-refractivity contribution in [2.75, 3.05) is 19.0 Å². The van der Waals surface area contributed by atoms with Crippen LogP contribution < -0.4 is 10.1 Å². The van der Waals surface area contributed by atoms with Crippen molar-refractivity contribution in [1.82, 2.24) is 0 Å². The van der Waals surface area contributed by atoms with Crippen LogP contribution in [0.25, 0.3) is 10.8 Å². The molecule has 2 N–H and O–H groups in total. The number of carbonyl (C=O) groups excluding carboxylic acids is 1. The van der Waals surface area contributed by atoms with E-state index in [1.807, 2.05) is 66.7 Å². The van der Waals surface area contributed by atoms with Crippen LogP contribution in [0.3, 0.4) is 0 Å². The fraction of sp³-hybridized carbons (Fsp3) is 0.227. The first-order valence-electron chi connectivity index (χ1n) is 8.87. The molecule has 0 amide bonds. The first-order chi connectivity index (χ1) is 13.1. The number of benzene rings is 3. The van der Waals surface area contributed by atoms with Gasteiger partial charge in [-0.3, -0.25) is 0 Å². The average molecular weight is 365 g/mol. The van der Waals surface area contributed by atoms with Crippen molar-refractivity contribution in [2.24, 2.45) is 0 Å². The van der Waals surface area contributed by atoms with Gasteiger partial charge in [-0.15, -0.1) is 0 Å². The van der Waals surface area contributed by atoms with Crippen molar-refractivity contribution in [3.8, 4) is 5.75 Å². The molecule has 0 radical (unpaired) electrons. The first kappa shape index (κ1) is 18.7. The van der Waals surface area contributed by atoms with E-state index < -0.39 is 18.1 Å². The number of anilines is 1. The average Bonchev–Trinajstić information content (AvgIpc) is 2.72. The Balaban J connectivity index is 2.01. The number of methoxy groups -OCH3 is 1. The molecule has 3 rings (SSSR count). The minimum atomic E-state index is -1.35. The van der Waals surface area contributed by atoms with E-state index in [1.54, 1.807) is 14.0 Å². The maximum absolute atomic E-state index is 12.3. The van der Waals surface area contributed by atoms with E-state index in [4.69, 9.17) is 9.47 Å². The number of fused-ring (bicyclic) bond motifs is 1. The van der Waals surface area contributed by atoms with Crippen LogP contribution in [0.5, 0.6) is 5.75 Å². The van der Waals surface area contributed by atoms with Crippen molar-refractivity contribution < 1.29 is 19.4 Å². The Morgan fingerprint density at radius 2 is 1.74 bits per heavy atom. The zero-order valence-corrected chi connectivity index (χ0v) is 15.4. The molecule has 0 fully saturated rings. The smallest absolute Gasteiger partial charge is 0.337 e. The molecule has 0 spiro atoms. The number of rotatable bonds is 7. The van der Waals surface area contributed by atoms with Crippen LogP contribution in [0.1, 0.15) is 18.5 Å². The van der Waals surface area contributed by atoms with Crippen molar-refractivity contribution in [2.45, 2.75) is 19.1 Å². The summed E-state index contributed by atoms with van der Waals surface area (Å²) in [5, 5.41) is 16.0. The third kappa shape index (κ3) is 4.20. The summed E-state index contributed by atoms with van der Waals surface area (Å²) in [6.07, 6.45) is -1.35. The van der Waals surface area contributed by atoms with Gasteiger partial charge in [0.05, 0.1) is 19.8 Å². The largest absolute Gasteiger partial charge is 0.497 e. The summed E-state index contributed by atoms with van der Waals surface area (Å²) < 4.78 is 10.2. The summed E-state index contributed by atoms with van der Waals surface area (Å²) >= 11 is 0. The number of nitrogens with one attached hydrogen (secondary N) is 1. The second-order valence-electron chi connectivity index (χ2n) is 6.12. The lowest BCUT2D eigenvalue weighted by atomic mass is 9.95. The highest BCUT2D eigenvalue weighted by Gasteiger charge is 2.30. The Kier molecular flexibility index (Phi) is 5.94. The van der Waals surface area contributed by atoms with Gasteiger partial charge < -0.3 is 19.9 Å². The number of ether oxygens (including phenoxy) is 2. The third-order valence-electron chi connectivity index (χ3n) is 4.41. The number of esters is 1. The van der Waals surface area contributed by atoms with Crippen LogP contribution in [-0.2, 0) is 9.53 Å². The van der Waals surface area contributed by atoms with Gasteiger partial charge in [-0.05, 0) is 47.5 Å². The van der Waals surface area contributed by atoms with Gasteiger partial charge in [0.1, 0.15) is 5.75 Å². The fourth-order valence-electron chi connectivity index (χ4n) is 3.08. The van der Waals surface area contributed by atoms with Gasteiger partial charge >= 0.3 is 5.97 Å². The van der Waals surface area contributed by atoms with E-state index in [9.17, 15) is 9.90 Å². The summed E-state index contributed by atoms with van der Waals surface area (Å²) in [5.41, 5.74) is 1.58. The molecule has 0 saturated carbocycles. The summed E-state index contributed by atoms with van der Waals surface area (Å²) in [6, 6.07) is 20.4. The third-order valence-corrected chi connectivity index (χ3v) is 4.41. The molecule has 0 aliphatic heterocycles. The van der Waals surface area contributed by atoms with E-state index in [0.717, 1.165) is 27.8 Å². The molecule has 0 aromatic heterocycles. The van der Waals surface area contributed by atoms with E-state index in [0.29, 0.717) is 0 Å².